The molecule has 0 fully saturated rings. The Kier molecular flexibility index (Phi) is 6.03. The van der Waals surface area contributed by atoms with Gasteiger partial charge in [0.05, 0.1) is 20.3 Å². The summed E-state index contributed by atoms with van der Waals surface area (Å²) in [6.07, 6.45) is 0. The number of esters is 1. The van der Waals surface area contributed by atoms with Crippen LogP contribution in [0.25, 0.3) is 10.8 Å². The third-order valence-corrected chi connectivity index (χ3v) is 5.89. The molecule has 8 heteroatoms. The molecule has 2 atom stereocenters. The minimum Gasteiger partial charge on any atom is -0.493 e. The Morgan fingerprint density at radius 1 is 1.09 bits per heavy atom. The molecule has 2 unspecified atom stereocenters. The zero-order valence-electron chi connectivity index (χ0n) is 19.6. The largest absolute Gasteiger partial charge is 0.493 e. The molecule has 3 aromatic carbocycles. The van der Waals surface area contributed by atoms with E-state index in [0.717, 1.165) is 22.0 Å². The molecular formula is C26H25N3O5. The number of carbonyl (C=O) groups is 1. The van der Waals surface area contributed by atoms with Gasteiger partial charge in [-0.1, -0.05) is 24.3 Å². The van der Waals surface area contributed by atoms with Crippen LogP contribution in [-0.2, 0) is 4.79 Å². The minimum atomic E-state index is -0.865. The number of hydrogen-bond acceptors (Lipinski definition) is 8. The number of hydrogen-bond donors (Lipinski definition) is 1. The van der Waals surface area contributed by atoms with Gasteiger partial charge in [0.2, 0.25) is 11.6 Å². The van der Waals surface area contributed by atoms with Crippen molar-refractivity contribution in [2.45, 2.75) is 12.8 Å². The fourth-order valence-electron chi connectivity index (χ4n) is 4.41. The van der Waals surface area contributed by atoms with Crippen LogP contribution in [0.5, 0.6) is 23.0 Å². The lowest BCUT2D eigenvalue weighted by Crippen LogP contribution is -2.31. The molecule has 0 saturated carbocycles. The monoisotopic (exact) mass is 459 g/mol. The molecule has 0 spiro atoms. The Hall–Kier alpha value is -4.25. The third kappa shape index (κ3) is 3.75. The first-order valence-corrected chi connectivity index (χ1v) is 10.6. The smallest absolute Gasteiger partial charge is 0.308 e. The molecule has 0 aliphatic carbocycles. The maximum atomic E-state index is 11.6. The van der Waals surface area contributed by atoms with E-state index in [9.17, 15) is 10.1 Å². The van der Waals surface area contributed by atoms with Gasteiger partial charge in [-0.3, -0.25) is 10.2 Å². The van der Waals surface area contributed by atoms with E-state index in [1.54, 1.807) is 12.1 Å². The van der Waals surface area contributed by atoms with Crippen LogP contribution < -0.4 is 23.8 Å². The summed E-state index contributed by atoms with van der Waals surface area (Å²) < 4.78 is 22.2. The van der Waals surface area contributed by atoms with E-state index in [1.165, 1.54) is 21.1 Å². The molecule has 0 radical (unpaired) electrons. The van der Waals surface area contributed by atoms with Gasteiger partial charge >= 0.3 is 5.97 Å². The van der Waals surface area contributed by atoms with Crippen LogP contribution in [0.2, 0.25) is 0 Å². The molecule has 0 bridgehead atoms. The summed E-state index contributed by atoms with van der Waals surface area (Å²) in [5.41, 5.74) is 2.47. The average Bonchev–Trinajstić information content (AvgIpc) is 2.82. The predicted molar refractivity (Wildman–Crippen MR) is 128 cm³/mol. The second-order valence-corrected chi connectivity index (χ2v) is 8.15. The van der Waals surface area contributed by atoms with E-state index >= 15 is 0 Å². The van der Waals surface area contributed by atoms with Gasteiger partial charge in [0.25, 0.3) is 0 Å². The molecule has 34 heavy (non-hydrogen) atoms. The summed E-state index contributed by atoms with van der Waals surface area (Å²) in [4.78, 5) is 13.6. The van der Waals surface area contributed by atoms with Crippen molar-refractivity contribution in [1.82, 2.24) is 0 Å². The standard InChI is InChI=1S/C26H25N3O5/c1-14(30)33-25-21(31-4)11-15(12-22(25)32-5)23-18-10-9-16-17(7-6-8-20(16)29(2)3)24(18)34-26(28)19(23)13-27/h6-12,19,23,28H,1-5H3. The van der Waals surface area contributed by atoms with Gasteiger partial charge in [0, 0.05) is 49.0 Å². The zero-order valence-corrected chi connectivity index (χ0v) is 19.6. The summed E-state index contributed by atoms with van der Waals surface area (Å²) in [6.45, 7) is 1.29. The lowest BCUT2D eigenvalue weighted by atomic mass is 9.78. The van der Waals surface area contributed by atoms with Gasteiger partial charge in [0.15, 0.2) is 11.5 Å². The topological polar surface area (TPSA) is 105 Å². The second-order valence-electron chi connectivity index (χ2n) is 8.15. The number of methoxy groups -OCH3 is 2. The number of anilines is 1. The van der Waals surface area contributed by atoms with Gasteiger partial charge in [-0.05, 0) is 23.8 Å². The van der Waals surface area contributed by atoms with Crippen LogP contribution in [0, 0.1) is 22.7 Å². The van der Waals surface area contributed by atoms with Crippen LogP contribution in [-0.4, -0.2) is 40.2 Å². The van der Waals surface area contributed by atoms with Gasteiger partial charge in [0.1, 0.15) is 11.7 Å². The molecular weight excluding hydrogens is 434 g/mol. The van der Waals surface area contributed by atoms with Crippen LogP contribution in [0.1, 0.15) is 24.0 Å². The Balaban J connectivity index is 1.98. The summed E-state index contributed by atoms with van der Waals surface area (Å²) in [7, 11) is 6.86. The first-order valence-electron chi connectivity index (χ1n) is 10.6. The number of carbonyl (C=O) groups excluding carboxylic acids is 1. The van der Waals surface area contributed by atoms with Crippen LogP contribution in [0.3, 0.4) is 0 Å². The Bertz CT molecular complexity index is 1320. The van der Waals surface area contributed by atoms with Gasteiger partial charge in [-0.15, -0.1) is 0 Å². The number of nitrogens with zero attached hydrogens (tertiary/aromatic N) is 2. The Labute approximate surface area is 197 Å². The molecule has 4 rings (SSSR count). The van der Waals surface area contributed by atoms with Gasteiger partial charge in [-0.25, -0.2) is 0 Å². The molecule has 1 heterocycles. The quantitative estimate of drug-likeness (QED) is 0.443. The highest BCUT2D eigenvalue weighted by Gasteiger charge is 2.39. The van der Waals surface area contributed by atoms with Crippen molar-refractivity contribution in [2.75, 3.05) is 33.2 Å². The van der Waals surface area contributed by atoms with Gasteiger partial charge < -0.3 is 23.8 Å². The second kappa shape index (κ2) is 8.94. The molecule has 1 aliphatic heterocycles. The zero-order chi connectivity index (χ0) is 24.6. The predicted octanol–water partition coefficient (Wildman–Crippen LogP) is 4.49. The Morgan fingerprint density at radius 3 is 2.32 bits per heavy atom. The summed E-state index contributed by atoms with van der Waals surface area (Å²) >= 11 is 0. The fourth-order valence-corrected chi connectivity index (χ4v) is 4.41. The maximum Gasteiger partial charge on any atom is 0.308 e. The molecule has 174 valence electrons. The molecule has 8 nitrogen and oxygen atoms in total. The summed E-state index contributed by atoms with van der Waals surface area (Å²) in [6, 6.07) is 15.5. The molecule has 1 aliphatic rings. The number of nitriles is 1. The van der Waals surface area contributed by atoms with Crippen LogP contribution in [0.4, 0.5) is 5.69 Å². The molecule has 0 aromatic heterocycles. The van der Waals surface area contributed by atoms with E-state index in [0.29, 0.717) is 11.3 Å². The lowest BCUT2D eigenvalue weighted by molar-refractivity contribution is -0.132. The molecule has 1 N–H and O–H groups in total. The van der Waals surface area contributed by atoms with Crippen molar-refractivity contribution in [3.8, 4) is 29.1 Å². The molecule has 0 saturated heterocycles. The number of fused-ring (bicyclic) bond motifs is 3. The molecule has 3 aromatic rings. The minimum absolute atomic E-state index is 0.134. The van der Waals surface area contributed by atoms with Crippen molar-refractivity contribution in [1.29, 1.82) is 10.7 Å². The van der Waals surface area contributed by atoms with E-state index in [1.807, 2.05) is 49.3 Å². The average molecular weight is 460 g/mol. The van der Waals surface area contributed by atoms with Crippen molar-refractivity contribution < 1.29 is 23.7 Å². The maximum absolute atomic E-state index is 11.6. The number of benzene rings is 3. The van der Waals surface area contributed by atoms with E-state index in [2.05, 4.69) is 6.07 Å². The van der Waals surface area contributed by atoms with E-state index in [4.69, 9.17) is 24.4 Å². The van der Waals surface area contributed by atoms with E-state index < -0.39 is 17.8 Å². The fraction of sp³-hybridized carbons (Fsp3) is 0.269. The van der Waals surface area contributed by atoms with Crippen LogP contribution in [0.15, 0.2) is 42.5 Å². The third-order valence-electron chi connectivity index (χ3n) is 5.89. The Morgan fingerprint density at radius 2 is 1.76 bits per heavy atom. The van der Waals surface area contributed by atoms with Crippen molar-refractivity contribution in [3.63, 3.8) is 0 Å². The number of nitrogens with one attached hydrogen (secondary N) is 1. The number of ether oxygens (including phenoxy) is 4. The van der Waals surface area contributed by atoms with Crippen molar-refractivity contribution in [2.24, 2.45) is 5.92 Å². The van der Waals surface area contributed by atoms with E-state index in [-0.39, 0.29) is 23.1 Å². The SMILES string of the molecule is COc1cc(C2c3ccc4c(N(C)C)cccc4c3OC(=N)C2C#N)cc(OC)c1OC(C)=O. The summed E-state index contributed by atoms with van der Waals surface area (Å²) in [5, 5.41) is 20.3. The number of rotatable bonds is 5. The van der Waals surface area contributed by atoms with Crippen molar-refractivity contribution in [3.05, 3.63) is 53.6 Å². The first kappa shape index (κ1) is 22.9. The first-order chi connectivity index (χ1) is 16.3. The highest BCUT2D eigenvalue weighted by Crippen LogP contribution is 2.49. The highest BCUT2D eigenvalue weighted by molar-refractivity contribution is 6.01. The normalized spacial score (nSPS) is 16.8. The highest BCUT2D eigenvalue weighted by atomic mass is 16.6. The summed E-state index contributed by atoms with van der Waals surface area (Å²) in [5.74, 6) is -0.756. The van der Waals surface area contributed by atoms with Gasteiger partial charge in [-0.2, -0.15) is 5.26 Å². The molecule has 0 amide bonds. The van der Waals surface area contributed by atoms with Crippen molar-refractivity contribution >= 4 is 28.3 Å². The lowest BCUT2D eigenvalue weighted by Gasteiger charge is -2.32. The van der Waals surface area contributed by atoms with Crippen LogP contribution >= 0.6 is 0 Å².